The minimum atomic E-state index is -1.40. The van der Waals surface area contributed by atoms with Crippen LogP contribution in [0.2, 0.25) is 0 Å². The Bertz CT molecular complexity index is 619. The molecular formula is C15H17Cl2F3N2S. The van der Waals surface area contributed by atoms with Gasteiger partial charge in [-0.1, -0.05) is 12.1 Å². The molecule has 1 aromatic heterocycles. The van der Waals surface area contributed by atoms with Gasteiger partial charge in [0.15, 0.2) is 17.5 Å². The van der Waals surface area contributed by atoms with Gasteiger partial charge < -0.3 is 5.32 Å². The highest BCUT2D eigenvalue weighted by Crippen LogP contribution is 2.34. The second-order valence-corrected chi connectivity index (χ2v) is 5.95. The van der Waals surface area contributed by atoms with E-state index >= 15 is 0 Å². The third-order valence-electron chi connectivity index (χ3n) is 3.69. The summed E-state index contributed by atoms with van der Waals surface area (Å²) >= 11 is 1.49. The van der Waals surface area contributed by atoms with Gasteiger partial charge in [-0.2, -0.15) is 0 Å². The van der Waals surface area contributed by atoms with E-state index in [9.17, 15) is 13.2 Å². The van der Waals surface area contributed by atoms with E-state index in [-0.39, 0.29) is 36.4 Å². The van der Waals surface area contributed by atoms with Crippen molar-refractivity contribution in [3.05, 3.63) is 57.5 Å². The molecule has 0 unspecified atom stereocenters. The summed E-state index contributed by atoms with van der Waals surface area (Å²) in [6, 6.07) is 5.75. The fourth-order valence-corrected chi connectivity index (χ4v) is 3.55. The summed E-state index contributed by atoms with van der Waals surface area (Å²) in [5, 5.41) is 5.14. The summed E-state index contributed by atoms with van der Waals surface area (Å²) < 4.78 is 41.0. The van der Waals surface area contributed by atoms with Crippen LogP contribution in [0, 0.1) is 17.5 Å². The van der Waals surface area contributed by atoms with Gasteiger partial charge >= 0.3 is 0 Å². The average Bonchev–Trinajstić information content (AvgIpc) is 3.03. The number of nitrogens with one attached hydrogen (secondary N) is 1. The Hall–Kier alpha value is -0.790. The number of hydrogen-bond acceptors (Lipinski definition) is 3. The van der Waals surface area contributed by atoms with Gasteiger partial charge in [0.1, 0.15) is 0 Å². The van der Waals surface area contributed by atoms with Crippen LogP contribution >= 0.6 is 36.2 Å². The molecule has 2 nitrogen and oxygen atoms in total. The monoisotopic (exact) mass is 384 g/mol. The lowest BCUT2D eigenvalue weighted by molar-refractivity contribution is 0.196. The Balaban J connectivity index is 0.00000132. The molecule has 1 atom stereocenters. The molecule has 1 saturated heterocycles. The Morgan fingerprint density at radius 1 is 1.00 bits per heavy atom. The Morgan fingerprint density at radius 2 is 1.70 bits per heavy atom. The molecule has 128 valence electrons. The predicted octanol–water partition coefficient (Wildman–Crippen LogP) is 4.00. The first kappa shape index (κ1) is 20.3. The van der Waals surface area contributed by atoms with E-state index in [0.29, 0.717) is 0 Å². The Morgan fingerprint density at radius 3 is 2.30 bits per heavy atom. The number of thiophene rings is 1. The molecule has 1 aliphatic heterocycles. The van der Waals surface area contributed by atoms with Crippen LogP contribution in [-0.2, 0) is 0 Å². The van der Waals surface area contributed by atoms with Crippen LogP contribution in [0.4, 0.5) is 13.2 Å². The smallest absolute Gasteiger partial charge is 0.194 e. The van der Waals surface area contributed by atoms with Gasteiger partial charge in [0.2, 0.25) is 0 Å². The average molecular weight is 385 g/mol. The molecule has 0 amide bonds. The highest BCUT2D eigenvalue weighted by molar-refractivity contribution is 7.10. The van der Waals surface area contributed by atoms with Gasteiger partial charge in [-0.05, 0) is 17.5 Å². The number of nitrogens with zero attached hydrogens (tertiary/aromatic N) is 1. The van der Waals surface area contributed by atoms with Crippen LogP contribution < -0.4 is 5.32 Å². The second-order valence-electron chi connectivity index (χ2n) is 4.97. The minimum Gasteiger partial charge on any atom is -0.314 e. The van der Waals surface area contributed by atoms with E-state index in [1.54, 1.807) is 0 Å². The van der Waals surface area contributed by atoms with Crippen molar-refractivity contribution in [1.82, 2.24) is 10.2 Å². The molecule has 1 aromatic carbocycles. The van der Waals surface area contributed by atoms with Crippen LogP contribution in [-0.4, -0.2) is 31.1 Å². The molecule has 3 rings (SSSR count). The lowest BCUT2D eigenvalue weighted by Gasteiger charge is -2.34. The number of piperazine rings is 1. The van der Waals surface area contributed by atoms with Crippen molar-refractivity contribution < 1.29 is 13.2 Å². The molecule has 2 heterocycles. The lowest BCUT2D eigenvalue weighted by atomic mass is 10.0. The quantitative estimate of drug-likeness (QED) is 0.804. The normalized spacial score (nSPS) is 16.3. The van der Waals surface area contributed by atoms with Crippen molar-refractivity contribution in [2.45, 2.75) is 6.04 Å². The molecule has 1 aliphatic rings. The summed E-state index contributed by atoms with van der Waals surface area (Å²) in [4.78, 5) is 3.03. The third-order valence-corrected chi connectivity index (χ3v) is 4.61. The van der Waals surface area contributed by atoms with Crippen LogP contribution in [0.3, 0.4) is 0 Å². The molecule has 1 fully saturated rings. The summed E-state index contributed by atoms with van der Waals surface area (Å²) in [6.45, 7) is 3.07. The molecule has 0 saturated carbocycles. The largest absolute Gasteiger partial charge is 0.314 e. The van der Waals surface area contributed by atoms with Crippen molar-refractivity contribution in [2.24, 2.45) is 0 Å². The molecule has 23 heavy (non-hydrogen) atoms. The number of benzene rings is 1. The molecule has 1 N–H and O–H groups in total. The summed E-state index contributed by atoms with van der Waals surface area (Å²) in [5.41, 5.74) is 0.193. The molecule has 8 heteroatoms. The van der Waals surface area contributed by atoms with Gasteiger partial charge in [-0.15, -0.1) is 36.2 Å². The zero-order valence-corrected chi connectivity index (χ0v) is 14.5. The SMILES string of the molecule is Cl.Cl.Fc1ccc([C@H](c2cccs2)N2CCNCC2)c(F)c1F. The topological polar surface area (TPSA) is 15.3 Å². The van der Waals surface area contributed by atoms with Gasteiger partial charge in [0.25, 0.3) is 0 Å². The standard InChI is InChI=1S/C15H15F3N2S.2ClH/c16-11-4-3-10(13(17)14(11)18)15(12-2-1-9-21-12)20-7-5-19-6-8-20;;/h1-4,9,15,19H,5-8H2;2*1H/t15-;;/m1../s1. The van der Waals surface area contributed by atoms with Crippen LogP contribution in [0.5, 0.6) is 0 Å². The van der Waals surface area contributed by atoms with Crippen molar-refractivity contribution in [3.63, 3.8) is 0 Å². The van der Waals surface area contributed by atoms with E-state index in [2.05, 4.69) is 10.2 Å². The Labute approximate surface area is 149 Å². The maximum absolute atomic E-state index is 14.2. The van der Waals surface area contributed by atoms with Crippen molar-refractivity contribution in [2.75, 3.05) is 26.2 Å². The molecule has 0 spiro atoms. The van der Waals surface area contributed by atoms with E-state index in [1.807, 2.05) is 17.5 Å². The van der Waals surface area contributed by atoms with Crippen LogP contribution in [0.15, 0.2) is 29.6 Å². The molecule has 2 aromatic rings. The van der Waals surface area contributed by atoms with Gasteiger partial charge in [0, 0.05) is 36.6 Å². The number of rotatable bonds is 3. The maximum atomic E-state index is 14.2. The fourth-order valence-electron chi connectivity index (χ4n) is 2.67. The fraction of sp³-hybridized carbons (Fsp3) is 0.333. The number of halogens is 5. The van der Waals surface area contributed by atoms with Crippen molar-refractivity contribution in [1.29, 1.82) is 0 Å². The van der Waals surface area contributed by atoms with Crippen LogP contribution in [0.25, 0.3) is 0 Å². The first-order chi connectivity index (χ1) is 10.2. The first-order valence-corrected chi connectivity index (χ1v) is 7.68. The highest BCUT2D eigenvalue weighted by Gasteiger charge is 2.29. The Kier molecular flexibility index (Phi) is 7.83. The zero-order chi connectivity index (χ0) is 14.8. The number of hydrogen-bond donors (Lipinski definition) is 1. The van der Waals surface area contributed by atoms with Gasteiger partial charge in [-0.3, -0.25) is 4.90 Å². The maximum Gasteiger partial charge on any atom is 0.194 e. The minimum absolute atomic E-state index is 0. The van der Waals surface area contributed by atoms with E-state index < -0.39 is 17.5 Å². The first-order valence-electron chi connectivity index (χ1n) is 6.80. The molecule has 0 radical (unpaired) electrons. The lowest BCUT2D eigenvalue weighted by Crippen LogP contribution is -2.45. The second kappa shape index (κ2) is 8.89. The predicted molar refractivity (Wildman–Crippen MR) is 91.4 cm³/mol. The van der Waals surface area contributed by atoms with Crippen LogP contribution in [0.1, 0.15) is 16.5 Å². The van der Waals surface area contributed by atoms with Crippen molar-refractivity contribution in [3.8, 4) is 0 Å². The summed E-state index contributed by atoms with van der Waals surface area (Å²) in [5.74, 6) is -3.64. The van der Waals surface area contributed by atoms with Crippen molar-refractivity contribution >= 4 is 36.2 Å². The molecule has 0 aliphatic carbocycles. The highest BCUT2D eigenvalue weighted by atomic mass is 35.5. The summed E-state index contributed by atoms with van der Waals surface area (Å²) in [7, 11) is 0. The molecular weight excluding hydrogens is 368 g/mol. The van der Waals surface area contributed by atoms with E-state index in [4.69, 9.17) is 0 Å². The zero-order valence-electron chi connectivity index (χ0n) is 12.1. The summed E-state index contributed by atoms with van der Waals surface area (Å²) in [6.07, 6.45) is 0. The third kappa shape index (κ3) is 4.19. The van der Waals surface area contributed by atoms with Gasteiger partial charge in [-0.25, -0.2) is 13.2 Å². The van der Waals surface area contributed by atoms with E-state index in [0.717, 1.165) is 37.1 Å². The van der Waals surface area contributed by atoms with Gasteiger partial charge in [0.05, 0.1) is 6.04 Å². The van der Waals surface area contributed by atoms with E-state index in [1.165, 1.54) is 17.4 Å². The molecule has 0 bridgehead atoms.